The fourth-order valence-electron chi connectivity index (χ4n) is 1.72. The summed E-state index contributed by atoms with van der Waals surface area (Å²) in [6.45, 7) is 2.72. The first-order chi connectivity index (χ1) is 7.50. The SMILES string of the molecule is Cc1[nH]ncc1-c1ccccc1C(C)(F)F. The van der Waals surface area contributed by atoms with Gasteiger partial charge in [-0.1, -0.05) is 24.3 Å². The van der Waals surface area contributed by atoms with Crippen LogP contribution in [0.1, 0.15) is 18.2 Å². The first kappa shape index (κ1) is 10.8. The van der Waals surface area contributed by atoms with Crippen LogP contribution in [0.15, 0.2) is 30.5 Å². The number of benzene rings is 1. The van der Waals surface area contributed by atoms with Crippen LogP contribution in [0.2, 0.25) is 0 Å². The number of halogens is 2. The van der Waals surface area contributed by atoms with Gasteiger partial charge in [-0.05, 0) is 12.5 Å². The van der Waals surface area contributed by atoms with Crippen molar-refractivity contribution in [2.45, 2.75) is 19.8 Å². The summed E-state index contributed by atoms with van der Waals surface area (Å²) in [4.78, 5) is 0. The Kier molecular flexibility index (Phi) is 2.50. The first-order valence-electron chi connectivity index (χ1n) is 4.98. The Morgan fingerprint density at radius 1 is 1.19 bits per heavy atom. The van der Waals surface area contributed by atoms with Crippen molar-refractivity contribution in [1.29, 1.82) is 0 Å². The van der Waals surface area contributed by atoms with Crippen LogP contribution in [0.25, 0.3) is 11.1 Å². The number of aromatic nitrogens is 2. The van der Waals surface area contributed by atoms with Crippen molar-refractivity contribution in [3.63, 3.8) is 0 Å². The lowest BCUT2D eigenvalue weighted by atomic mass is 9.97. The predicted molar refractivity (Wildman–Crippen MR) is 58.3 cm³/mol. The Balaban J connectivity index is 2.62. The summed E-state index contributed by atoms with van der Waals surface area (Å²) < 4.78 is 26.8. The van der Waals surface area contributed by atoms with Crippen LogP contribution in [0.4, 0.5) is 8.78 Å². The smallest absolute Gasteiger partial charge is 0.271 e. The highest BCUT2D eigenvalue weighted by Gasteiger charge is 2.28. The summed E-state index contributed by atoms with van der Waals surface area (Å²) >= 11 is 0. The van der Waals surface area contributed by atoms with Crippen LogP contribution in [0.3, 0.4) is 0 Å². The van der Waals surface area contributed by atoms with E-state index in [1.807, 2.05) is 6.92 Å². The maximum atomic E-state index is 13.4. The summed E-state index contributed by atoms with van der Waals surface area (Å²) in [6, 6.07) is 6.50. The lowest BCUT2D eigenvalue weighted by molar-refractivity contribution is 0.0181. The molecule has 0 atom stereocenters. The molecule has 2 aromatic rings. The van der Waals surface area contributed by atoms with E-state index in [9.17, 15) is 8.78 Å². The van der Waals surface area contributed by atoms with Crippen molar-refractivity contribution < 1.29 is 8.78 Å². The number of rotatable bonds is 2. The monoisotopic (exact) mass is 222 g/mol. The van der Waals surface area contributed by atoms with Gasteiger partial charge in [0.1, 0.15) is 0 Å². The number of alkyl halides is 2. The van der Waals surface area contributed by atoms with Crippen LogP contribution in [-0.2, 0) is 5.92 Å². The third kappa shape index (κ3) is 1.83. The Labute approximate surface area is 92.3 Å². The largest absolute Gasteiger partial charge is 0.282 e. The number of H-pyrrole nitrogens is 1. The molecule has 84 valence electrons. The molecule has 1 N–H and O–H groups in total. The number of nitrogens with zero attached hydrogens (tertiary/aromatic N) is 1. The topological polar surface area (TPSA) is 28.7 Å². The molecular weight excluding hydrogens is 210 g/mol. The molecule has 0 aliphatic carbocycles. The van der Waals surface area contributed by atoms with E-state index in [-0.39, 0.29) is 5.56 Å². The summed E-state index contributed by atoms with van der Waals surface area (Å²) in [5, 5.41) is 6.60. The molecule has 0 spiro atoms. The van der Waals surface area contributed by atoms with Crippen molar-refractivity contribution in [2.75, 3.05) is 0 Å². The van der Waals surface area contributed by atoms with E-state index >= 15 is 0 Å². The van der Waals surface area contributed by atoms with Gasteiger partial charge in [0.05, 0.1) is 6.20 Å². The van der Waals surface area contributed by atoms with Crippen LogP contribution < -0.4 is 0 Å². The van der Waals surface area contributed by atoms with Crippen molar-refractivity contribution in [1.82, 2.24) is 10.2 Å². The second-order valence-electron chi connectivity index (χ2n) is 3.84. The van der Waals surface area contributed by atoms with Crippen molar-refractivity contribution >= 4 is 0 Å². The normalized spacial score (nSPS) is 11.8. The highest BCUT2D eigenvalue weighted by Crippen LogP contribution is 2.35. The average molecular weight is 222 g/mol. The minimum Gasteiger partial charge on any atom is -0.282 e. The molecule has 0 aliphatic rings. The van der Waals surface area contributed by atoms with Crippen LogP contribution in [-0.4, -0.2) is 10.2 Å². The highest BCUT2D eigenvalue weighted by atomic mass is 19.3. The van der Waals surface area contributed by atoms with Gasteiger partial charge in [-0.15, -0.1) is 0 Å². The zero-order valence-electron chi connectivity index (χ0n) is 9.09. The summed E-state index contributed by atoms with van der Waals surface area (Å²) in [6.07, 6.45) is 1.57. The predicted octanol–water partition coefficient (Wildman–Crippen LogP) is 3.50. The van der Waals surface area contributed by atoms with E-state index in [4.69, 9.17) is 0 Å². The number of hydrogen-bond acceptors (Lipinski definition) is 1. The summed E-state index contributed by atoms with van der Waals surface area (Å²) in [5.74, 6) is -2.85. The molecule has 0 bridgehead atoms. The molecule has 0 saturated heterocycles. The third-order valence-corrected chi connectivity index (χ3v) is 2.52. The molecule has 2 rings (SSSR count). The maximum absolute atomic E-state index is 13.4. The lowest BCUT2D eigenvalue weighted by Gasteiger charge is -2.15. The van der Waals surface area contributed by atoms with Crippen LogP contribution in [0.5, 0.6) is 0 Å². The quantitative estimate of drug-likeness (QED) is 0.827. The van der Waals surface area contributed by atoms with E-state index < -0.39 is 5.92 Å². The molecule has 0 amide bonds. The Hall–Kier alpha value is -1.71. The van der Waals surface area contributed by atoms with Crippen molar-refractivity contribution in [3.05, 3.63) is 41.7 Å². The number of aryl methyl sites for hydroxylation is 1. The molecule has 0 unspecified atom stereocenters. The van der Waals surface area contributed by atoms with Gasteiger partial charge in [-0.2, -0.15) is 5.10 Å². The molecule has 0 saturated carbocycles. The second kappa shape index (κ2) is 3.70. The zero-order valence-corrected chi connectivity index (χ0v) is 9.09. The standard InChI is InChI=1S/C12H12F2N2/c1-8-10(7-15-16-8)9-5-3-4-6-11(9)12(2,13)14/h3-7H,1-2H3,(H,15,16). The van der Waals surface area contributed by atoms with Gasteiger partial charge < -0.3 is 0 Å². The summed E-state index contributed by atoms with van der Waals surface area (Å²) in [7, 11) is 0. The second-order valence-corrected chi connectivity index (χ2v) is 3.84. The van der Waals surface area contributed by atoms with Gasteiger partial charge in [-0.25, -0.2) is 8.78 Å². The molecule has 0 fully saturated rings. The van der Waals surface area contributed by atoms with Crippen LogP contribution in [0, 0.1) is 6.92 Å². The van der Waals surface area contributed by atoms with Crippen molar-refractivity contribution in [2.24, 2.45) is 0 Å². The number of hydrogen-bond donors (Lipinski definition) is 1. The maximum Gasteiger partial charge on any atom is 0.271 e. The molecule has 16 heavy (non-hydrogen) atoms. The van der Waals surface area contributed by atoms with Gasteiger partial charge in [-0.3, -0.25) is 5.10 Å². The van der Waals surface area contributed by atoms with E-state index in [1.165, 1.54) is 6.07 Å². The first-order valence-corrected chi connectivity index (χ1v) is 4.98. The van der Waals surface area contributed by atoms with Gasteiger partial charge >= 0.3 is 0 Å². The molecule has 1 aromatic heterocycles. The Bertz CT molecular complexity index is 498. The molecule has 2 nitrogen and oxygen atoms in total. The van der Waals surface area contributed by atoms with Crippen molar-refractivity contribution in [3.8, 4) is 11.1 Å². The van der Waals surface area contributed by atoms with Gasteiger partial charge in [0, 0.05) is 23.7 Å². The summed E-state index contributed by atoms with van der Waals surface area (Å²) in [5.41, 5.74) is 2.06. The van der Waals surface area contributed by atoms with E-state index in [0.717, 1.165) is 18.2 Å². The highest BCUT2D eigenvalue weighted by molar-refractivity contribution is 5.69. The molecule has 4 heteroatoms. The van der Waals surface area contributed by atoms with E-state index in [2.05, 4.69) is 10.2 Å². The van der Waals surface area contributed by atoms with Gasteiger partial charge in [0.2, 0.25) is 0 Å². The van der Waals surface area contributed by atoms with Gasteiger partial charge in [0.25, 0.3) is 5.92 Å². The Morgan fingerprint density at radius 2 is 1.88 bits per heavy atom. The van der Waals surface area contributed by atoms with Gasteiger partial charge in [0.15, 0.2) is 0 Å². The minimum atomic E-state index is -2.85. The molecule has 1 heterocycles. The van der Waals surface area contributed by atoms with E-state index in [1.54, 1.807) is 24.4 Å². The number of nitrogens with one attached hydrogen (secondary N) is 1. The molecular formula is C12H12F2N2. The fourth-order valence-corrected chi connectivity index (χ4v) is 1.72. The molecule has 0 radical (unpaired) electrons. The third-order valence-electron chi connectivity index (χ3n) is 2.52. The zero-order chi connectivity index (χ0) is 11.8. The fraction of sp³-hybridized carbons (Fsp3) is 0.250. The molecule has 1 aromatic carbocycles. The number of aromatic amines is 1. The average Bonchev–Trinajstić information content (AvgIpc) is 2.63. The Morgan fingerprint density at radius 3 is 2.44 bits per heavy atom. The van der Waals surface area contributed by atoms with E-state index in [0.29, 0.717) is 5.56 Å². The molecule has 0 aliphatic heterocycles. The van der Waals surface area contributed by atoms with Crippen LogP contribution >= 0.6 is 0 Å². The minimum absolute atomic E-state index is 0.0273. The lowest BCUT2D eigenvalue weighted by Crippen LogP contribution is -2.08.